The second-order valence-electron chi connectivity index (χ2n) is 9.40. The lowest BCUT2D eigenvalue weighted by atomic mass is 9.48. The van der Waals surface area contributed by atoms with Crippen molar-refractivity contribution in [3.63, 3.8) is 0 Å². The molecule has 1 aliphatic heterocycles. The molecular formula is C21H28N2O3S. The van der Waals surface area contributed by atoms with Crippen LogP contribution >= 0.6 is 0 Å². The Morgan fingerprint density at radius 3 is 2.07 bits per heavy atom. The normalized spacial score (nSPS) is 38.4. The van der Waals surface area contributed by atoms with Gasteiger partial charge >= 0.3 is 0 Å². The molecule has 5 fully saturated rings. The summed E-state index contributed by atoms with van der Waals surface area (Å²) < 4.78 is 27.3. The van der Waals surface area contributed by atoms with Crippen molar-refractivity contribution >= 4 is 15.9 Å². The first-order valence-electron chi connectivity index (χ1n) is 10.3. The van der Waals surface area contributed by atoms with Crippen LogP contribution in [-0.4, -0.2) is 31.2 Å². The zero-order valence-electron chi connectivity index (χ0n) is 15.6. The van der Waals surface area contributed by atoms with Gasteiger partial charge in [-0.3, -0.25) is 4.79 Å². The summed E-state index contributed by atoms with van der Waals surface area (Å²) >= 11 is 0. The van der Waals surface area contributed by atoms with E-state index in [0.29, 0.717) is 19.4 Å². The average molecular weight is 389 g/mol. The van der Waals surface area contributed by atoms with Gasteiger partial charge in [0.1, 0.15) is 6.04 Å². The average Bonchev–Trinajstić information content (AvgIpc) is 3.12. The second-order valence-corrected chi connectivity index (χ2v) is 11.3. The number of nitrogens with zero attached hydrogens (tertiary/aromatic N) is 1. The van der Waals surface area contributed by atoms with Crippen LogP contribution in [0.4, 0.5) is 0 Å². The van der Waals surface area contributed by atoms with Crippen LogP contribution in [0.25, 0.3) is 0 Å². The van der Waals surface area contributed by atoms with Crippen molar-refractivity contribution in [2.24, 2.45) is 23.5 Å². The van der Waals surface area contributed by atoms with E-state index in [1.165, 1.54) is 48.4 Å². The molecular weight excluding hydrogens is 360 g/mol. The summed E-state index contributed by atoms with van der Waals surface area (Å²) in [5.74, 6) is 2.03. The molecule has 6 heteroatoms. The van der Waals surface area contributed by atoms with Gasteiger partial charge in [0.2, 0.25) is 15.9 Å². The van der Waals surface area contributed by atoms with Crippen LogP contribution in [0, 0.1) is 17.8 Å². The predicted octanol–water partition coefficient (Wildman–Crippen LogP) is 2.79. The van der Waals surface area contributed by atoms with Crippen LogP contribution in [-0.2, 0) is 20.2 Å². The Morgan fingerprint density at radius 2 is 1.56 bits per heavy atom. The van der Waals surface area contributed by atoms with Gasteiger partial charge in [0.25, 0.3) is 0 Å². The summed E-state index contributed by atoms with van der Waals surface area (Å²) in [6.07, 6.45) is 9.18. The summed E-state index contributed by atoms with van der Waals surface area (Å²) in [7, 11) is -3.67. The first-order chi connectivity index (χ1) is 12.9. The predicted molar refractivity (Wildman–Crippen MR) is 102 cm³/mol. The molecule has 4 saturated carbocycles. The van der Waals surface area contributed by atoms with Gasteiger partial charge in [-0.2, -0.15) is 4.31 Å². The lowest BCUT2D eigenvalue weighted by Gasteiger charge is -2.57. The Hall–Kier alpha value is -1.40. The lowest BCUT2D eigenvalue weighted by molar-refractivity contribution is -0.121. The topological polar surface area (TPSA) is 80.5 Å². The fourth-order valence-electron chi connectivity index (χ4n) is 6.89. The van der Waals surface area contributed by atoms with E-state index >= 15 is 0 Å². The summed E-state index contributed by atoms with van der Waals surface area (Å²) in [4.78, 5) is 11.9. The molecule has 0 spiro atoms. The summed E-state index contributed by atoms with van der Waals surface area (Å²) in [6, 6.07) is 6.86. The Morgan fingerprint density at radius 1 is 1.00 bits per heavy atom. The monoisotopic (exact) mass is 388 g/mol. The first-order valence-corrected chi connectivity index (χ1v) is 11.7. The van der Waals surface area contributed by atoms with Crippen molar-refractivity contribution in [3.8, 4) is 0 Å². The molecule has 27 heavy (non-hydrogen) atoms. The number of hydrogen-bond acceptors (Lipinski definition) is 3. The van der Waals surface area contributed by atoms with E-state index in [-0.39, 0.29) is 10.3 Å². The summed E-state index contributed by atoms with van der Waals surface area (Å²) in [6.45, 7) is 0.368. The molecule has 1 saturated heterocycles. The number of carbonyl (C=O) groups is 1. The van der Waals surface area contributed by atoms with Gasteiger partial charge in [-0.05, 0) is 92.2 Å². The molecule has 6 rings (SSSR count). The molecule has 4 aliphatic carbocycles. The van der Waals surface area contributed by atoms with Crippen molar-refractivity contribution in [1.82, 2.24) is 4.31 Å². The Labute approximate surface area is 161 Å². The Bertz CT molecular complexity index is 827. The number of sulfonamides is 1. The lowest BCUT2D eigenvalue weighted by Crippen LogP contribution is -2.48. The highest BCUT2D eigenvalue weighted by atomic mass is 32.2. The molecule has 2 N–H and O–H groups in total. The minimum atomic E-state index is -3.67. The van der Waals surface area contributed by atoms with Crippen LogP contribution in [0.5, 0.6) is 0 Å². The third-order valence-electron chi connectivity index (χ3n) is 7.64. The third kappa shape index (κ3) is 2.75. The zero-order valence-corrected chi connectivity index (χ0v) is 16.5. The standard InChI is InChI=1S/C21H28N2O3S/c22-20(24)19-2-1-7-23(19)27(25,26)18-5-3-17(4-6-18)21-11-14-8-15(12-21)10-16(9-14)13-21/h3-6,14-16,19H,1-2,7-13H2,(H2,22,24). The smallest absolute Gasteiger partial charge is 0.243 e. The molecule has 1 heterocycles. The summed E-state index contributed by atoms with van der Waals surface area (Å²) in [5.41, 5.74) is 6.99. The van der Waals surface area contributed by atoms with Crippen LogP contribution in [0.15, 0.2) is 29.2 Å². The van der Waals surface area contributed by atoms with Gasteiger partial charge in [-0.1, -0.05) is 12.1 Å². The molecule has 1 unspecified atom stereocenters. The minimum absolute atomic E-state index is 0.264. The summed E-state index contributed by atoms with van der Waals surface area (Å²) in [5, 5.41) is 0. The van der Waals surface area contributed by atoms with Crippen molar-refractivity contribution in [2.75, 3.05) is 6.54 Å². The van der Waals surface area contributed by atoms with Gasteiger partial charge in [0.05, 0.1) is 4.90 Å². The zero-order chi connectivity index (χ0) is 18.8. The largest absolute Gasteiger partial charge is 0.368 e. The fourth-order valence-corrected chi connectivity index (χ4v) is 8.56. The number of hydrogen-bond donors (Lipinski definition) is 1. The highest BCUT2D eigenvalue weighted by Crippen LogP contribution is 2.60. The number of rotatable bonds is 4. The number of carbonyl (C=O) groups excluding carboxylic acids is 1. The minimum Gasteiger partial charge on any atom is -0.368 e. The maximum Gasteiger partial charge on any atom is 0.243 e. The number of amides is 1. The number of benzene rings is 1. The molecule has 4 bridgehead atoms. The van der Waals surface area contributed by atoms with E-state index in [2.05, 4.69) is 0 Å². The van der Waals surface area contributed by atoms with Crippen LogP contribution in [0.2, 0.25) is 0 Å². The van der Waals surface area contributed by atoms with Crippen molar-refractivity contribution in [3.05, 3.63) is 29.8 Å². The molecule has 1 aromatic rings. The van der Waals surface area contributed by atoms with Crippen molar-refractivity contribution < 1.29 is 13.2 Å². The third-order valence-corrected chi connectivity index (χ3v) is 9.57. The van der Waals surface area contributed by atoms with Crippen LogP contribution < -0.4 is 5.73 Å². The molecule has 1 aromatic carbocycles. The molecule has 1 amide bonds. The van der Waals surface area contributed by atoms with E-state index in [1.807, 2.05) is 12.1 Å². The quantitative estimate of drug-likeness (QED) is 0.861. The van der Waals surface area contributed by atoms with E-state index in [1.54, 1.807) is 12.1 Å². The maximum atomic E-state index is 13.0. The van der Waals surface area contributed by atoms with Crippen molar-refractivity contribution in [1.29, 1.82) is 0 Å². The molecule has 5 aliphatic rings. The van der Waals surface area contributed by atoms with E-state index in [4.69, 9.17) is 5.73 Å². The Kier molecular flexibility index (Phi) is 3.96. The van der Waals surface area contributed by atoms with Gasteiger partial charge in [-0.15, -0.1) is 0 Å². The second kappa shape index (κ2) is 6.05. The van der Waals surface area contributed by atoms with Gasteiger partial charge in [-0.25, -0.2) is 8.42 Å². The molecule has 0 radical (unpaired) electrons. The fraction of sp³-hybridized carbons (Fsp3) is 0.667. The SMILES string of the molecule is NC(=O)C1CCCN1S(=O)(=O)c1ccc(C23CC4CC(CC(C4)C2)C3)cc1. The van der Waals surface area contributed by atoms with Gasteiger partial charge in [0, 0.05) is 6.54 Å². The van der Waals surface area contributed by atoms with Crippen LogP contribution in [0.3, 0.4) is 0 Å². The number of nitrogens with two attached hydrogens (primary N) is 1. The van der Waals surface area contributed by atoms with E-state index in [0.717, 1.165) is 17.8 Å². The molecule has 5 nitrogen and oxygen atoms in total. The highest BCUT2D eigenvalue weighted by molar-refractivity contribution is 7.89. The van der Waals surface area contributed by atoms with E-state index < -0.39 is 22.0 Å². The number of primary amides is 1. The van der Waals surface area contributed by atoms with Gasteiger partial charge in [0.15, 0.2) is 0 Å². The Balaban J connectivity index is 1.43. The van der Waals surface area contributed by atoms with Gasteiger partial charge < -0.3 is 5.73 Å². The maximum absolute atomic E-state index is 13.0. The molecule has 0 aromatic heterocycles. The van der Waals surface area contributed by atoms with Crippen molar-refractivity contribution in [2.45, 2.75) is 67.7 Å². The highest BCUT2D eigenvalue weighted by Gasteiger charge is 2.51. The first kappa shape index (κ1) is 17.7. The van der Waals surface area contributed by atoms with E-state index in [9.17, 15) is 13.2 Å². The molecule has 1 atom stereocenters. The molecule has 146 valence electrons. The van der Waals surface area contributed by atoms with Crippen LogP contribution in [0.1, 0.15) is 56.9 Å².